The SMILES string of the molecule is CC1CCC(C/C=C\CCC#N)C1(C)C. The summed E-state index contributed by atoms with van der Waals surface area (Å²) in [5, 5.41) is 8.41. The Morgan fingerprint density at radius 3 is 2.60 bits per heavy atom. The molecule has 15 heavy (non-hydrogen) atoms. The van der Waals surface area contributed by atoms with Crippen LogP contribution >= 0.6 is 0 Å². The van der Waals surface area contributed by atoms with Crippen LogP contribution in [0, 0.1) is 28.6 Å². The Balaban J connectivity index is 2.34. The summed E-state index contributed by atoms with van der Waals surface area (Å²) in [6, 6.07) is 2.17. The molecule has 2 unspecified atom stereocenters. The van der Waals surface area contributed by atoms with Crippen LogP contribution in [0.3, 0.4) is 0 Å². The number of rotatable bonds is 4. The molecular weight excluding hydrogens is 182 g/mol. The van der Waals surface area contributed by atoms with Gasteiger partial charge in [0.05, 0.1) is 6.07 Å². The number of nitrogens with zero attached hydrogens (tertiary/aromatic N) is 1. The van der Waals surface area contributed by atoms with Crippen molar-refractivity contribution in [1.29, 1.82) is 5.26 Å². The zero-order valence-electron chi connectivity index (χ0n) is 10.3. The maximum atomic E-state index is 8.41. The standard InChI is InChI=1S/C14H23N/c1-12-9-10-13(14(12,2)3)8-6-4-5-7-11-15/h4,6,12-13H,5,7-10H2,1-3H3/b6-4-. The first-order valence-corrected chi connectivity index (χ1v) is 6.11. The Morgan fingerprint density at radius 1 is 1.33 bits per heavy atom. The molecule has 2 atom stereocenters. The van der Waals surface area contributed by atoms with Crippen LogP contribution in [0.1, 0.15) is 52.9 Å². The van der Waals surface area contributed by atoms with Crippen LogP contribution in [0.4, 0.5) is 0 Å². The van der Waals surface area contributed by atoms with Gasteiger partial charge in [0.2, 0.25) is 0 Å². The van der Waals surface area contributed by atoms with E-state index in [1.54, 1.807) is 0 Å². The van der Waals surface area contributed by atoms with Crippen LogP contribution in [0.25, 0.3) is 0 Å². The van der Waals surface area contributed by atoms with E-state index in [-0.39, 0.29) is 0 Å². The van der Waals surface area contributed by atoms with Gasteiger partial charge in [0.25, 0.3) is 0 Å². The number of nitriles is 1. The fraction of sp³-hybridized carbons (Fsp3) is 0.786. The van der Waals surface area contributed by atoms with Crippen LogP contribution in [0.2, 0.25) is 0 Å². The molecule has 0 N–H and O–H groups in total. The fourth-order valence-corrected chi connectivity index (χ4v) is 2.55. The van der Waals surface area contributed by atoms with E-state index < -0.39 is 0 Å². The molecule has 1 aliphatic rings. The second-order valence-electron chi connectivity index (χ2n) is 5.40. The third-order valence-corrected chi connectivity index (χ3v) is 4.28. The molecule has 0 aromatic rings. The normalized spacial score (nSPS) is 29.5. The van der Waals surface area contributed by atoms with E-state index >= 15 is 0 Å². The number of hydrogen-bond acceptors (Lipinski definition) is 1. The highest BCUT2D eigenvalue weighted by atomic mass is 14.4. The van der Waals surface area contributed by atoms with E-state index in [1.807, 2.05) is 0 Å². The lowest BCUT2D eigenvalue weighted by Crippen LogP contribution is -2.22. The molecule has 0 bridgehead atoms. The van der Waals surface area contributed by atoms with Crippen molar-refractivity contribution in [2.45, 2.75) is 52.9 Å². The summed E-state index contributed by atoms with van der Waals surface area (Å²) in [5.74, 6) is 1.70. The van der Waals surface area contributed by atoms with Crippen molar-refractivity contribution in [3.05, 3.63) is 12.2 Å². The lowest BCUT2D eigenvalue weighted by molar-refractivity contribution is 0.199. The lowest BCUT2D eigenvalue weighted by Gasteiger charge is -2.30. The predicted molar refractivity (Wildman–Crippen MR) is 64.3 cm³/mol. The van der Waals surface area contributed by atoms with E-state index in [0.29, 0.717) is 11.8 Å². The number of hydrogen-bond donors (Lipinski definition) is 0. The highest BCUT2D eigenvalue weighted by molar-refractivity contribution is 4.95. The fourth-order valence-electron chi connectivity index (χ4n) is 2.55. The van der Waals surface area contributed by atoms with Gasteiger partial charge in [0.1, 0.15) is 0 Å². The van der Waals surface area contributed by atoms with Crippen LogP contribution in [0.15, 0.2) is 12.2 Å². The predicted octanol–water partition coefficient (Wildman–Crippen LogP) is 4.31. The van der Waals surface area contributed by atoms with Crippen molar-refractivity contribution in [2.75, 3.05) is 0 Å². The maximum absolute atomic E-state index is 8.41. The monoisotopic (exact) mass is 205 g/mol. The molecule has 1 fully saturated rings. The van der Waals surface area contributed by atoms with Crippen LogP contribution in [0.5, 0.6) is 0 Å². The topological polar surface area (TPSA) is 23.8 Å². The molecular formula is C14H23N. The zero-order valence-corrected chi connectivity index (χ0v) is 10.3. The molecule has 0 aliphatic heterocycles. The van der Waals surface area contributed by atoms with Gasteiger partial charge < -0.3 is 0 Å². The van der Waals surface area contributed by atoms with Gasteiger partial charge in [0, 0.05) is 6.42 Å². The average molecular weight is 205 g/mol. The molecule has 84 valence electrons. The number of allylic oxidation sites excluding steroid dienone is 2. The minimum atomic E-state index is 0.500. The van der Waals surface area contributed by atoms with Crippen LogP contribution in [-0.2, 0) is 0 Å². The quantitative estimate of drug-likeness (QED) is 0.495. The van der Waals surface area contributed by atoms with Gasteiger partial charge in [0.15, 0.2) is 0 Å². The summed E-state index contributed by atoms with van der Waals surface area (Å²) < 4.78 is 0. The molecule has 1 rings (SSSR count). The molecule has 0 spiro atoms. The van der Waals surface area contributed by atoms with E-state index in [0.717, 1.165) is 18.3 Å². The Labute approximate surface area is 94.2 Å². The molecule has 0 aromatic heterocycles. The van der Waals surface area contributed by atoms with E-state index in [1.165, 1.54) is 19.3 Å². The van der Waals surface area contributed by atoms with E-state index in [4.69, 9.17) is 5.26 Å². The third-order valence-electron chi connectivity index (χ3n) is 4.28. The van der Waals surface area contributed by atoms with E-state index in [2.05, 4.69) is 39.0 Å². The second kappa shape index (κ2) is 5.35. The summed E-state index contributed by atoms with van der Waals surface area (Å²) >= 11 is 0. The summed E-state index contributed by atoms with van der Waals surface area (Å²) in [6.07, 6.45) is 9.97. The maximum Gasteiger partial charge on any atom is 0.0624 e. The first-order valence-electron chi connectivity index (χ1n) is 6.11. The second-order valence-corrected chi connectivity index (χ2v) is 5.40. The molecule has 1 heteroatoms. The Morgan fingerprint density at radius 2 is 2.07 bits per heavy atom. The van der Waals surface area contributed by atoms with Crippen LogP contribution < -0.4 is 0 Å². The molecule has 0 heterocycles. The minimum absolute atomic E-state index is 0.500. The lowest BCUT2D eigenvalue weighted by atomic mass is 9.75. The summed E-state index contributed by atoms with van der Waals surface area (Å²) in [4.78, 5) is 0. The highest BCUT2D eigenvalue weighted by Gasteiger charge is 2.39. The minimum Gasteiger partial charge on any atom is -0.198 e. The highest BCUT2D eigenvalue weighted by Crippen LogP contribution is 2.48. The van der Waals surface area contributed by atoms with Crippen LogP contribution in [-0.4, -0.2) is 0 Å². The van der Waals surface area contributed by atoms with Gasteiger partial charge in [-0.1, -0.05) is 32.9 Å². The van der Waals surface area contributed by atoms with Gasteiger partial charge in [-0.2, -0.15) is 5.26 Å². The van der Waals surface area contributed by atoms with Gasteiger partial charge >= 0.3 is 0 Å². The Kier molecular flexibility index (Phi) is 4.39. The summed E-state index contributed by atoms with van der Waals surface area (Å²) in [5.41, 5.74) is 0.500. The van der Waals surface area contributed by atoms with Gasteiger partial charge in [-0.3, -0.25) is 0 Å². The summed E-state index contributed by atoms with van der Waals surface area (Å²) in [6.45, 7) is 7.18. The van der Waals surface area contributed by atoms with Gasteiger partial charge in [-0.15, -0.1) is 0 Å². The van der Waals surface area contributed by atoms with Crippen molar-refractivity contribution >= 4 is 0 Å². The van der Waals surface area contributed by atoms with Gasteiger partial charge in [-0.25, -0.2) is 0 Å². The Bertz CT molecular complexity index is 257. The van der Waals surface area contributed by atoms with E-state index in [9.17, 15) is 0 Å². The van der Waals surface area contributed by atoms with Crippen molar-refractivity contribution < 1.29 is 0 Å². The van der Waals surface area contributed by atoms with Crippen molar-refractivity contribution in [3.8, 4) is 6.07 Å². The average Bonchev–Trinajstić information content (AvgIpc) is 2.44. The van der Waals surface area contributed by atoms with Gasteiger partial charge in [-0.05, 0) is 42.9 Å². The van der Waals surface area contributed by atoms with Crippen molar-refractivity contribution in [2.24, 2.45) is 17.3 Å². The van der Waals surface area contributed by atoms with Crippen molar-refractivity contribution in [1.82, 2.24) is 0 Å². The molecule has 1 nitrogen and oxygen atoms in total. The molecule has 0 amide bonds. The molecule has 0 aromatic carbocycles. The van der Waals surface area contributed by atoms with Crippen molar-refractivity contribution in [3.63, 3.8) is 0 Å². The largest absolute Gasteiger partial charge is 0.198 e. The number of unbranched alkanes of at least 4 members (excludes halogenated alkanes) is 1. The third kappa shape index (κ3) is 3.09. The first kappa shape index (κ1) is 12.3. The smallest absolute Gasteiger partial charge is 0.0624 e. The molecule has 0 saturated heterocycles. The zero-order chi connectivity index (χ0) is 11.3. The molecule has 0 radical (unpaired) electrons. The first-order chi connectivity index (χ1) is 7.09. The molecule has 1 saturated carbocycles. The Hall–Kier alpha value is -0.770. The molecule has 1 aliphatic carbocycles. The summed E-state index contributed by atoms with van der Waals surface area (Å²) in [7, 11) is 0.